The Hall–Kier alpha value is -1.42. The maximum atomic E-state index is 10.6. The van der Waals surface area contributed by atoms with Gasteiger partial charge in [0.2, 0.25) is 0 Å². The SMILES string of the molecule is COc1cc2c(c(C)c1Cl)OCC(C=O)O2. The van der Waals surface area contributed by atoms with Crippen LogP contribution in [0, 0.1) is 6.92 Å². The zero-order valence-corrected chi connectivity index (χ0v) is 9.71. The lowest BCUT2D eigenvalue weighted by Gasteiger charge is -2.25. The van der Waals surface area contributed by atoms with E-state index in [1.165, 1.54) is 7.11 Å². The van der Waals surface area contributed by atoms with E-state index in [1.54, 1.807) is 6.07 Å². The van der Waals surface area contributed by atoms with Crippen molar-refractivity contribution < 1.29 is 19.0 Å². The van der Waals surface area contributed by atoms with Crippen molar-refractivity contribution in [2.24, 2.45) is 0 Å². The molecule has 1 atom stereocenters. The number of rotatable bonds is 2. The molecule has 0 spiro atoms. The van der Waals surface area contributed by atoms with Crippen molar-refractivity contribution in [3.8, 4) is 17.2 Å². The van der Waals surface area contributed by atoms with Gasteiger partial charge in [-0.1, -0.05) is 11.6 Å². The van der Waals surface area contributed by atoms with Crippen molar-refractivity contribution in [2.45, 2.75) is 13.0 Å². The number of fused-ring (bicyclic) bond motifs is 1. The van der Waals surface area contributed by atoms with E-state index < -0.39 is 6.10 Å². The number of halogens is 1. The van der Waals surface area contributed by atoms with Gasteiger partial charge < -0.3 is 14.2 Å². The molecule has 0 saturated carbocycles. The minimum absolute atomic E-state index is 0.208. The average Bonchev–Trinajstić information content (AvgIpc) is 2.33. The molecular weight excluding hydrogens is 232 g/mol. The Labute approximate surface area is 98.1 Å². The van der Waals surface area contributed by atoms with Gasteiger partial charge in [0.1, 0.15) is 12.4 Å². The van der Waals surface area contributed by atoms with Gasteiger partial charge in [0.25, 0.3) is 0 Å². The molecule has 0 saturated heterocycles. The predicted molar refractivity (Wildman–Crippen MR) is 58.7 cm³/mol. The molecule has 0 bridgehead atoms. The van der Waals surface area contributed by atoms with Gasteiger partial charge in [0.05, 0.1) is 12.1 Å². The number of methoxy groups -OCH3 is 1. The number of benzene rings is 1. The number of carbonyl (C=O) groups is 1. The van der Waals surface area contributed by atoms with E-state index in [1.807, 2.05) is 6.92 Å². The van der Waals surface area contributed by atoms with Crippen molar-refractivity contribution in [3.05, 3.63) is 16.7 Å². The third kappa shape index (κ3) is 1.69. The molecule has 0 aromatic heterocycles. The number of hydrogen-bond donors (Lipinski definition) is 0. The lowest BCUT2D eigenvalue weighted by Crippen LogP contribution is -2.30. The van der Waals surface area contributed by atoms with Gasteiger partial charge in [-0.25, -0.2) is 0 Å². The molecule has 1 aliphatic rings. The Morgan fingerprint density at radius 1 is 1.62 bits per heavy atom. The summed E-state index contributed by atoms with van der Waals surface area (Å²) in [6, 6.07) is 1.63. The molecule has 1 heterocycles. The smallest absolute Gasteiger partial charge is 0.187 e. The van der Waals surface area contributed by atoms with Crippen LogP contribution in [-0.2, 0) is 4.79 Å². The monoisotopic (exact) mass is 242 g/mol. The van der Waals surface area contributed by atoms with Crippen LogP contribution in [0.25, 0.3) is 0 Å². The van der Waals surface area contributed by atoms with E-state index in [-0.39, 0.29) is 6.61 Å². The van der Waals surface area contributed by atoms with Crippen LogP contribution in [0.3, 0.4) is 0 Å². The Morgan fingerprint density at radius 3 is 3.00 bits per heavy atom. The van der Waals surface area contributed by atoms with Crippen molar-refractivity contribution >= 4 is 17.9 Å². The normalized spacial score (nSPS) is 18.1. The number of hydrogen-bond acceptors (Lipinski definition) is 4. The maximum Gasteiger partial charge on any atom is 0.187 e. The van der Waals surface area contributed by atoms with Gasteiger partial charge in [-0.15, -0.1) is 0 Å². The van der Waals surface area contributed by atoms with Crippen LogP contribution in [-0.4, -0.2) is 26.1 Å². The van der Waals surface area contributed by atoms with E-state index in [0.29, 0.717) is 28.6 Å². The summed E-state index contributed by atoms with van der Waals surface area (Å²) >= 11 is 6.07. The second-order valence-corrected chi connectivity index (χ2v) is 3.83. The fourth-order valence-electron chi connectivity index (χ4n) is 1.56. The average molecular weight is 243 g/mol. The second-order valence-electron chi connectivity index (χ2n) is 3.45. The fourth-order valence-corrected chi connectivity index (χ4v) is 1.78. The first-order chi connectivity index (χ1) is 7.67. The quantitative estimate of drug-likeness (QED) is 0.744. The van der Waals surface area contributed by atoms with Gasteiger partial charge in [-0.3, -0.25) is 4.79 Å². The summed E-state index contributed by atoms with van der Waals surface area (Å²) < 4.78 is 16.0. The van der Waals surface area contributed by atoms with E-state index in [0.717, 1.165) is 5.56 Å². The van der Waals surface area contributed by atoms with E-state index in [9.17, 15) is 4.79 Å². The van der Waals surface area contributed by atoms with Crippen molar-refractivity contribution in [3.63, 3.8) is 0 Å². The highest BCUT2D eigenvalue weighted by atomic mass is 35.5. The van der Waals surface area contributed by atoms with Crippen LogP contribution < -0.4 is 14.2 Å². The summed E-state index contributed by atoms with van der Waals surface area (Å²) in [5.41, 5.74) is 0.750. The van der Waals surface area contributed by atoms with Crippen molar-refractivity contribution in [2.75, 3.05) is 13.7 Å². The molecular formula is C11H11ClO4. The Balaban J connectivity index is 2.48. The molecule has 1 aromatic rings. The van der Waals surface area contributed by atoms with Crippen LogP contribution in [0.4, 0.5) is 0 Å². The zero-order chi connectivity index (χ0) is 11.7. The highest BCUT2D eigenvalue weighted by Gasteiger charge is 2.25. The lowest BCUT2D eigenvalue weighted by atomic mass is 10.1. The second kappa shape index (κ2) is 4.22. The maximum absolute atomic E-state index is 10.6. The summed E-state index contributed by atoms with van der Waals surface area (Å²) in [5.74, 6) is 1.57. The van der Waals surface area contributed by atoms with Crippen molar-refractivity contribution in [1.29, 1.82) is 0 Å². The van der Waals surface area contributed by atoms with Crippen LogP contribution >= 0.6 is 11.6 Å². The van der Waals surface area contributed by atoms with Gasteiger partial charge in [0, 0.05) is 11.6 Å². The minimum atomic E-state index is -0.571. The summed E-state index contributed by atoms with van der Waals surface area (Å²) in [4.78, 5) is 10.6. The number of carbonyl (C=O) groups excluding carboxylic acids is 1. The molecule has 1 aromatic carbocycles. The molecule has 16 heavy (non-hydrogen) atoms. The predicted octanol–water partition coefficient (Wildman–Crippen LogP) is 2.00. The van der Waals surface area contributed by atoms with E-state index in [4.69, 9.17) is 25.8 Å². The van der Waals surface area contributed by atoms with Gasteiger partial charge in [0.15, 0.2) is 23.9 Å². The van der Waals surface area contributed by atoms with Crippen LogP contribution in [0.15, 0.2) is 6.07 Å². The summed E-state index contributed by atoms with van der Waals surface area (Å²) in [5, 5.41) is 0.495. The molecule has 1 unspecified atom stereocenters. The van der Waals surface area contributed by atoms with Gasteiger partial charge in [-0.2, -0.15) is 0 Å². The summed E-state index contributed by atoms with van der Waals surface area (Å²) in [6.45, 7) is 2.02. The minimum Gasteiger partial charge on any atom is -0.495 e. The lowest BCUT2D eigenvalue weighted by molar-refractivity contribution is -0.115. The largest absolute Gasteiger partial charge is 0.495 e. The first-order valence-corrected chi connectivity index (χ1v) is 5.17. The van der Waals surface area contributed by atoms with Crippen molar-refractivity contribution in [1.82, 2.24) is 0 Å². The summed E-state index contributed by atoms with van der Waals surface area (Å²) in [6.07, 6.45) is 0.136. The summed E-state index contributed by atoms with van der Waals surface area (Å²) in [7, 11) is 1.52. The first-order valence-electron chi connectivity index (χ1n) is 4.79. The molecule has 86 valence electrons. The van der Waals surface area contributed by atoms with Crippen LogP contribution in [0.1, 0.15) is 5.56 Å². The highest BCUT2D eigenvalue weighted by molar-refractivity contribution is 6.33. The van der Waals surface area contributed by atoms with Crippen LogP contribution in [0.2, 0.25) is 5.02 Å². The Morgan fingerprint density at radius 2 is 2.38 bits per heavy atom. The first kappa shape index (κ1) is 11.1. The topological polar surface area (TPSA) is 44.8 Å². The highest BCUT2D eigenvalue weighted by Crippen LogP contribution is 2.43. The Bertz CT molecular complexity index is 430. The molecule has 0 radical (unpaired) electrons. The molecule has 0 fully saturated rings. The molecule has 4 nitrogen and oxygen atoms in total. The van der Waals surface area contributed by atoms with E-state index in [2.05, 4.69) is 0 Å². The molecule has 5 heteroatoms. The van der Waals surface area contributed by atoms with Gasteiger partial charge >= 0.3 is 0 Å². The zero-order valence-electron chi connectivity index (χ0n) is 8.95. The van der Waals surface area contributed by atoms with Crippen LogP contribution in [0.5, 0.6) is 17.2 Å². The molecule has 0 N–H and O–H groups in total. The number of ether oxygens (including phenoxy) is 3. The molecule has 0 amide bonds. The third-order valence-corrected chi connectivity index (χ3v) is 2.88. The standard InChI is InChI=1S/C11H11ClO4/c1-6-10(12)8(14-2)3-9-11(6)15-5-7(4-13)16-9/h3-4,7H,5H2,1-2H3. The third-order valence-electron chi connectivity index (χ3n) is 2.41. The molecule has 1 aliphatic heterocycles. The molecule has 0 aliphatic carbocycles. The van der Waals surface area contributed by atoms with E-state index >= 15 is 0 Å². The Kier molecular flexibility index (Phi) is 2.92. The molecule has 2 rings (SSSR count). The van der Waals surface area contributed by atoms with Gasteiger partial charge in [-0.05, 0) is 6.92 Å². The number of aldehydes is 1. The fraction of sp³-hybridized carbons (Fsp3) is 0.364.